The van der Waals surface area contributed by atoms with Crippen molar-refractivity contribution in [3.8, 4) is 0 Å². The maximum Gasteiger partial charge on any atom is 0.210 e. The molecule has 0 radical (unpaired) electrons. The molecule has 5 rings (SSSR count). The first-order valence-electron chi connectivity index (χ1n) is 8.82. The first-order valence-corrected chi connectivity index (χ1v) is 10.7. The number of hydrogen-bond acceptors (Lipinski definition) is 6. The van der Waals surface area contributed by atoms with Gasteiger partial charge in [0.2, 0.25) is 15.8 Å². The Morgan fingerprint density at radius 1 is 1.08 bits per heavy atom. The average Bonchev–Trinajstić information content (AvgIpc) is 2.69. The first-order chi connectivity index (χ1) is 11.1. The van der Waals surface area contributed by atoms with Gasteiger partial charge >= 0.3 is 0 Å². The second kappa shape index (κ2) is 5.37. The average molecular weight is 361 g/mol. The normalized spacial score (nSPS) is 54.2. The topological polar surface area (TPSA) is 83.1 Å². The minimum absolute atomic E-state index is 0.0272. The van der Waals surface area contributed by atoms with Crippen LogP contribution in [0.3, 0.4) is 0 Å². The molecule has 0 aromatic heterocycles. The molecule has 4 aliphatic heterocycles. The molecule has 2 bridgehead atoms. The van der Waals surface area contributed by atoms with E-state index >= 15 is 0 Å². The van der Waals surface area contributed by atoms with Crippen molar-refractivity contribution >= 4 is 10.0 Å². The van der Waals surface area contributed by atoms with Crippen LogP contribution in [0.25, 0.3) is 0 Å². The Kier molecular flexibility index (Phi) is 3.85. The van der Waals surface area contributed by atoms with Crippen molar-refractivity contribution < 1.29 is 27.7 Å². The lowest BCUT2D eigenvalue weighted by Crippen LogP contribution is -2.71. The lowest BCUT2D eigenvalue weighted by atomic mass is 9.58. The fourth-order valence-corrected chi connectivity index (χ4v) is 5.94. The zero-order chi connectivity index (χ0) is 17.3. The molecule has 1 spiro atoms. The van der Waals surface area contributed by atoms with E-state index < -0.39 is 33.9 Å². The minimum atomic E-state index is -3.37. The summed E-state index contributed by atoms with van der Waals surface area (Å²) in [6, 6.07) is 0. The Balaban J connectivity index is 1.75. The molecule has 8 atom stereocenters. The summed E-state index contributed by atoms with van der Waals surface area (Å²) in [4.78, 5) is 11.7. The highest BCUT2D eigenvalue weighted by atomic mass is 32.2. The summed E-state index contributed by atoms with van der Waals surface area (Å²) in [7, 11) is -3.37. The summed E-state index contributed by atoms with van der Waals surface area (Å²) in [6.07, 6.45) is 3.68. The summed E-state index contributed by atoms with van der Waals surface area (Å²) in [5.41, 5.74) is -0.650. The molecule has 0 unspecified atom stereocenters. The Hall–Kier alpha value is -0.250. The molecule has 24 heavy (non-hydrogen) atoms. The van der Waals surface area contributed by atoms with Gasteiger partial charge in [0.05, 0.1) is 6.26 Å². The number of ether oxygens (including phenoxy) is 2. The van der Waals surface area contributed by atoms with E-state index in [9.17, 15) is 8.42 Å². The molecule has 1 N–H and O–H groups in total. The monoisotopic (exact) mass is 361 g/mol. The van der Waals surface area contributed by atoms with E-state index in [1.165, 1.54) is 0 Å². The Labute approximate surface area is 143 Å². The predicted molar refractivity (Wildman–Crippen MR) is 84.8 cm³/mol. The second-order valence-electron chi connectivity index (χ2n) is 8.22. The molecule has 0 amide bonds. The van der Waals surface area contributed by atoms with Crippen LogP contribution in [0, 0.1) is 23.7 Å². The van der Waals surface area contributed by atoms with Crippen molar-refractivity contribution in [1.82, 2.24) is 4.72 Å². The molecule has 5 aliphatic rings. The maximum atomic E-state index is 11.7. The van der Waals surface area contributed by atoms with Gasteiger partial charge in [-0.15, -0.1) is 0 Å². The zero-order valence-electron chi connectivity index (χ0n) is 14.7. The van der Waals surface area contributed by atoms with Crippen LogP contribution in [0.1, 0.15) is 46.5 Å². The number of nitrogens with one attached hydrogen (secondary N) is 1. The van der Waals surface area contributed by atoms with Crippen LogP contribution in [0.4, 0.5) is 0 Å². The van der Waals surface area contributed by atoms with Crippen LogP contribution < -0.4 is 4.72 Å². The highest BCUT2D eigenvalue weighted by Gasteiger charge is 2.69. The summed E-state index contributed by atoms with van der Waals surface area (Å²) >= 11 is 0. The predicted octanol–water partition coefficient (Wildman–Crippen LogP) is 1.74. The third kappa shape index (κ3) is 2.46. The third-order valence-electron chi connectivity index (χ3n) is 6.49. The molecule has 0 aromatic carbocycles. The molecule has 5 fully saturated rings. The minimum Gasteiger partial charge on any atom is -0.330 e. The van der Waals surface area contributed by atoms with Crippen molar-refractivity contribution in [3.05, 3.63) is 0 Å². The van der Waals surface area contributed by atoms with E-state index in [0.717, 1.165) is 31.9 Å². The highest BCUT2D eigenvalue weighted by Crippen LogP contribution is 2.60. The van der Waals surface area contributed by atoms with Crippen molar-refractivity contribution in [3.63, 3.8) is 0 Å². The lowest BCUT2D eigenvalue weighted by Gasteiger charge is -2.60. The smallest absolute Gasteiger partial charge is 0.210 e. The standard InChI is InChI=1S/C16H27NO6S/c1-9-5-6-12-10(2)13(17-24(4,18)19)20-14-16(12)11(9)7-8-15(3,21-14)22-23-16/h9-14,17H,5-8H2,1-4H3/t9-,10-,11+,12+,13-,14-,15-,16-/m1/s1. The second-order valence-corrected chi connectivity index (χ2v) is 10.00. The number of hydrogen-bond donors (Lipinski definition) is 1. The molecule has 8 heteroatoms. The molecule has 0 aromatic rings. The molecule has 4 saturated heterocycles. The summed E-state index contributed by atoms with van der Waals surface area (Å²) < 4.78 is 38.4. The van der Waals surface area contributed by atoms with Crippen molar-refractivity contribution in [1.29, 1.82) is 0 Å². The van der Waals surface area contributed by atoms with Crippen molar-refractivity contribution in [2.75, 3.05) is 6.26 Å². The van der Waals surface area contributed by atoms with Crippen molar-refractivity contribution in [2.45, 2.75) is 70.4 Å². The van der Waals surface area contributed by atoms with E-state index in [1.54, 1.807) is 0 Å². The molecule has 7 nitrogen and oxygen atoms in total. The third-order valence-corrected chi connectivity index (χ3v) is 7.15. The van der Waals surface area contributed by atoms with E-state index in [4.69, 9.17) is 19.2 Å². The van der Waals surface area contributed by atoms with E-state index in [-0.39, 0.29) is 17.8 Å². The summed E-state index contributed by atoms with van der Waals surface area (Å²) in [6.45, 7) is 6.13. The summed E-state index contributed by atoms with van der Waals surface area (Å²) in [5.74, 6) is 0.0344. The van der Waals surface area contributed by atoms with Gasteiger partial charge in [-0.25, -0.2) is 18.2 Å². The van der Waals surface area contributed by atoms with Crippen LogP contribution >= 0.6 is 0 Å². The Morgan fingerprint density at radius 2 is 1.83 bits per heavy atom. The number of fused-ring (bicyclic) bond motifs is 2. The van der Waals surface area contributed by atoms with Gasteiger partial charge in [-0.05, 0) is 38.0 Å². The van der Waals surface area contributed by atoms with Gasteiger partial charge in [0.1, 0.15) is 6.23 Å². The Bertz CT molecular complexity index is 626. The van der Waals surface area contributed by atoms with Crippen LogP contribution in [-0.4, -0.2) is 38.6 Å². The highest BCUT2D eigenvalue weighted by molar-refractivity contribution is 7.88. The van der Waals surface area contributed by atoms with E-state index in [0.29, 0.717) is 5.92 Å². The number of sulfonamides is 1. The van der Waals surface area contributed by atoms with Gasteiger partial charge in [0.15, 0.2) is 11.9 Å². The molecule has 4 heterocycles. The van der Waals surface area contributed by atoms with Gasteiger partial charge < -0.3 is 9.47 Å². The SMILES string of the molecule is C[C@H]1[C@H](NS(C)(=O)=O)O[C@@H]2O[C@@]3(C)CC[C@H]4[C@H](C)CC[C@@H]1[C@@]24OO3. The molecular formula is C16H27NO6S. The zero-order valence-corrected chi connectivity index (χ0v) is 15.5. The first kappa shape index (κ1) is 17.2. The van der Waals surface area contributed by atoms with Crippen LogP contribution in [0.15, 0.2) is 0 Å². The van der Waals surface area contributed by atoms with Crippen LogP contribution in [0.5, 0.6) is 0 Å². The quantitative estimate of drug-likeness (QED) is 0.755. The Morgan fingerprint density at radius 3 is 2.54 bits per heavy atom. The van der Waals surface area contributed by atoms with Gasteiger partial charge in [-0.3, -0.25) is 0 Å². The molecular weight excluding hydrogens is 334 g/mol. The fourth-order valence-electron chi connectivity index (χ4n) is 5.25. The van der Waals surface area contributed by atoms with Gasteiger partial charge in [-0.1, -0.05) is 13.8 Å². The lowest BCUT2D eigenvalue weighted by molar-refractivity contribution is -0.571. The summed E-state index contributed by atoms with van der Waals surface area (Å²) in [5, 5.41) is 0. The van der Waals surface area contributed by atoms with E-state index in [1.807, 2.05) is 13.8 Å². The maximum absolute atomic E-state index is 11.7. The van der Waals surface area contributed by atoms with Crippen LogP contribution in [0.2, 0.25) is 0 Å². The largest absolute Gasteiger partial charge is 0.330 e. The molecule has 1 saturated carbocycles. The van der Waals surface area contributed by atoms with Gasteiger partial charge in [0, 0.05) is 18.3 Å². The number of rotatable bonds is 2. The van der Waals surface area contributed by atoms with Crippen molar-refractivity contribution in [2.24, 2.45) is 23.7 Å². The fraction of sp³-hybridized carbons (Fsp3) is 1.00. The molecule has 138 valence electrons. The van der Waals surface area contributed by atoms with Gasteiger partial charge in [-0.2, -0.15) is 4.72 Å². The van der Waals surface area contributed by atoms with Crippen LogP contribution in [-0.2, 0) is 29.3 Å². The van der Waals surface area contributed by atoms with E-state index in [2.05, 4.69) is 11.6 Å². The van der Waals surface area contributed by atoms with Gasteiger partial charge in [0.25, 0.3) is 0 Å². The molecule has 1 aliphatic carbocycles.